The van der Waals surface area contributed by atoms with Crippen LogP contribution in [0.15, 0.2) is 29.1 Å². The van der Waals surface area contributed by atoms with E-state index in [1.807, 2.05) is 12.1 Å². The second-order valence-corrected chi connectivity index (χ2v) is 7.16. The second-order valence-electron chi connectivity index (χ2n) is 7.16. The highest BCUT2D eigenvalue weighted by atomic mass is 16.5. The van der Waals surface area contributed by atoms with Crippen molar-refractivity contribution in [1.29, 1.82) is 0 Å². The van der Waals surface area contributed by atoms with Gasteiger partial charge in [-0.3, -0.25) is 4.79 Å². The van der Waals surface area contributed by atoms with Crippen molar-refractivity contribution in [1.82, 2.24) is 9.55 Å². The molecular weight excluding hydrogens is 344 g/mol. The van der Waals surface area contributed by atoms with Crippen molar-refractivity contribution in [2.24, 2.45) is 0 Å². The molecule has 0 aliphatic carbocycles. The van der Waals surface area contributed by atoms with Gasteiger partial charge in [0.2, 0.25) is 0 Å². The van der Waals surface area contributed by atoms with Gasteiger partial charge < -0.3 is 14.4 Å². The molecular formula is C21H18N2O4. The maximum atomic E-state index is 13.0. The number of esters is 1. The molecule has 136 valence electrons. The Morgan fingerprint density at radius 1 is 1.26 bits per heavy atom. The number of aromatic nitrogens is 2. The third-order valence-corrected chi connectivity index (χ3v) is 5.58. The van der Waals surface area contributed by atoms with Crippen LogP contribution in [-0.4, -0.2) is 20.6 Å². The van der Waals surface area contributed by atoms with Crippen LogP contribution >= 0.6 is 0 Å². The Hall–Kier alpha value is -2.99. The molecule has 6 heteroatoms. The first kappa shape index (κ1) is 16.2. The Kier molecular flexibility index (Phi) is 3.30. The maximum Gasteiger partial charge on any atom is 0.340 e. The van der Waals surface area contributed by atoms with Crippen molar-refractivity contribution >= 4 is 16.9 Å². The number of carbonyl (C=O) groups excluding carboxylic acids is 1. The highest BCUT2D eigenvalue weighted by Gasteiger charge is 2.34. The fraction of sp³-hybridized carbons (Fsp3) is 0.286. The van der Waals surface area contributed by atoms with Crippen molar-refractivity contribution in [3.63, 3.8) is 0 Å². The van der Waals surface area contributed by atoms with Crippen molar-refractivity contribution in [3.8, 4) is 11.4 Å². The van der Waals surface area contributed by atoms with E-state index in [1.54, 1.807) is 10.6 Å². The van der Waals surface area contributed by atoms with E-state index in [4.69, 9.17) is 9.72 Å². The summed E-state index contributed by atoms with van der Waals surface area (Å²) in [7, 11) is 0. The fourth-order valence-corrected chi connectivity index (χ4v) is 4.23. The molecule has 0 saturated heterocycles. The number of hydrogen-bond acceptors (Lipinski definition) is 5. The highest BCUT2D eigenvalue weighted by Crippen LogP contribution is 2.38. The van der Waals surface area contributed by atoms with Gasteiger partial charge in [0.1, 0.15) is 6.61 Å². The molecule has 6 nitrogen and oxygen atoms in total. The summed E-state index contributed by atoms with van der Waals surface area (Å²) in [6.07, 6.45) is -0.595. The van der Waals surface area contributed by atoms with Gasteiger partial charge in [-0.1, -0.05) is 18.6 Å². The van der Waals surface area contributed by atoms with Crippen molar-refractivity contribution in [2.75, 3.05) is 0 Å². The Morgan fingerprint density at radius 3 is 2.85 bits per heavy atom. The number of cyclic esters (lactones) is 1. The predicted octanol–water partition coefficient (Wildman–Crippen LogP) is 2.39. The third-order valence-electron chi connectivity index (χ3n) is 5.58. The van der Waals surface area contributed by atoms with E-state index < -0.39 is 12.1 Å². The van der Waals surface area contributed by atoms with E-state index in [-0.39, 0.29) is 12.2 Å². The summed E-state index contributed by atoms with van der Waals surface area (Å²) < 4.78 is 6.61. The number of fused-ring (bicyclic) bond motifs is 5. The van der Waals surface area contributed by atoms with Gasteiger partial charge in [-0.15, -0.1) is 0 Å². The highest BCUT2D eigenvalue weighted by molar-refractivity contribution is 5.89. The summed E-state index contributed by atoms with van der Waals surface area (Å²) >= 11 is 0. The van der Waals surface area contributed by atoms with Gasteiger partial charge in [-0.2, -0.15) is 0 Å². The molecule has 3 aromatic rings. The third kappa shape index (κ3) is 2.13. The lowest BCUT2D eigenvalue weighted by molar-refractivity contribution is -0.157. The minimum atomic E-state index is -1.43. The van der Waals surface area contributed by atoms with Crippen molar-refractivity contribution in [2.45, 2.75) is 39.5 Å². The van der Waals surface area contributed by atoms with Gasteiger partial charge in [0, 0.05) is 16.5 Å². The number of aliphatic hydroxyl groups is 1. The molecule has 0 unspecified atom stereocenters. The molecule has 0 amide bonds. The predicted molar refractivity (Wildman–Crippen MR) is 99.4 cm³/mol. The zero-order valence-corrected chi connectivity index (χ0v) is 15.1. The van der Waals surface area contributed by atoms with Gasteiger partial charge in [-0.05, 0) is 37.1 Å². The SMILES string of the molecule is CCc1c2c(nc3ccc(C)cc13)-c1cc3c(c(=O)n1C2)COC(=O)[C@H]3O. The topological polar surface area (TPSA) is 81.4 Å². The van der Waals surface area contributed by atoms with Gasteiger partial charge in [-0.25, -0.2) is 9.78 Å². The van der Waals surface area contributed by atoms with Crippen molar-refractivity contribution in [3.05, 3.63) is 62.4 Å². The first-order valence-electron chi connectivity index (χ1n) is 9.03. The van der Waals surface area contributed by atoms with E-state index >= 15 is 0 Å². The summed E-state index contributed by atoms with van der Waals surface area (Å²) in [5.41, 5.74) is 6.14. The van der Waals surface area contributed by atoms with Crippen LogP contribution in [0.3, 0.4) is 0 Å². The number of rotatable bonds is 1. The van der Waals surface area contributed by atoms with Crippen LogP contribution < -0.4 is 5.56 Å². The minimum Gasteiger partial charge on any atom is -0.458 e. The summed E-state index contributed by atoms with van der Waals surface area (Å²) in [5, 5.41) is 11.3. The number of benzene rings is 1. The van der Waals surface area contributed by atoms with Crippen molar-refractivity contribution < 1.29 is 14.6 Å². The molecule has 27 heavy (non-hydrogen) atoms. The summed E-state index contributed by atoms with van der Waals surface area (Å²) in [6.45, 7) is 4.50. The van der Waals surface area contributed by atoms with Gasteiger partial charge in [0.25, 0.3) is 5.56 Å². The number of carbonyl (C=O) groups is 1. The lowest BCUT2D eigenvalue weighted by atomic mass is 9.97. The minimum absolute atomic E-state index is 0.101. The van der Waals surface area contributed by atoms with Crippen LogP contribution in [0.2, 0.25) is 0 Å². The number of ether oxygens (including phenoxy) is 1. The van der Waals surface area contributed by atoms with Crippen LogP contribution in [0, 0.1) is 6.92 Å². The summed E-state index contributed by atoms with van der Waals surface area (Å²) in [5.74, 6) is -0.721. The number of nitrogens with zero attached hydrogens (tertiary/aromatic N) is 2. The normalized spacial score (nSPS) is 17.4. The Morgan fingerprint density at radius 2 is 2.07 bits per heavy atom. The van der Waals surface area contributed by atoms with E-state index in [0.29, 0.717) is 23.4 Å². The van der Waals surface area contributed by atoms with Crippen LogP contribution in [-0.2, 0) is 29.1 Å². The van der Waals surface area contributed by atoms with Crippen LogP contribution in [0.4, 0.5) is 0 Å². The maximum absolute atomic E-state index is 13.0. The fourth-order valence-electron chi connectivity index (χ4n) is 4.23. The summed E-state index contributed by atoms with van der Waals surface area (Å²) in [6, 6.07) is 7.87. The number of hydrogen-bond donors (Lipinski definition) is 1. The largest absolute Gasteiger partial charge is 0.458 e. The lowest BCUT2D eigenvalue weighted by Gasteiger charge is -2.21. The molecule has 0 fully saturated rings. The average Bonchev–Trinajstić information content (AvgIpc) is 3.02. The lowest BCUT2D eigenvalue weighted by Crippen LogP contribution is -2.32. The number of aryl methyl sites for hydroxylation is 2. The Balaban J connectivity index is 1.83. The molecule has 0 spiro atoms. The monoisotopic (exact) mass is 362 g/mol. The van der Waals surface area contributed by atoms with E-state index in [1.165, 1.54) is 11.1 Å². The molecule has 5 rings (SSSR count). The molecule has 2 aromatic heterocycles. The smallest absolute Gasteiger partial charge is 0.340 e. The molecule has 0 bridgehead atoms. The van der Waals surface area contributed by atoms with E-state index in [9.17, 15) is 14.7 Å². The number of aliphatic hydroxyl groups excluding tert-OH is 1. The first-order chi connectivity index (χ1) is 13.0. The average molecular weight is 362 g/mol. The quantitative estimate of drug-likeness (QED) is 0.526. The van der Waals surface area contributed by atoms with Gasteiger partial charge in [0.05, 0.1) is 29.0 Å². The van der Waals surface area contributed by atoms with E-state index in [0.717, 1.165) is 28.6 Å². The number of pyridine rings is 2. The molecule has 0 saturated carbocycles. The Bertz CT molecular complexity index is 1210. The zero-order chi connectivity index (χ0) is 18.9. The molecule has 4 heterocycles. The zero-order valence-electron chi connectivity index (χ0n) is 15.1. The van der Waals surface area contributed by atoms with E-state index in [2.05, 4.69) is 19.9 Å². The molecule has 2 aliphatic heterocycles. The molecule has 0 radical (unpaired) electrons. The second kappa shape index (κ2) is 5.50. The van der Waals surface area contributed by atoms with Crippen LogP contribution in [0.1, 0.15) is 40.8 Å². The van der Waals surface area contributed by atoms with Crippen LogP contribution in [0.25, 0.3) is 22.3 Å². The standard InChI is InChI=1S/C21H18N2O4/c1-3-11-12-6-10(2)4-5-16(12)22-18-14(11)8-23-17(18)7-13-15(20(23)25)9-27-21(26)19(13)24/h4-7,19,24H,3,8-9H2,1-2H3/t19-/m0/s1. The first-order valence-corrected chi connectivity index (χ1v) is 9.03. The molecule has 2 aliphatic rings. The summed E-state index contributed by atoms with van der Waals surface area (Å²) in [4.78, 5) is 29.6. The van der Waals surface area contributed by atoms with Crippen LogP contribution in [0.5, 0.6) is 0 Å². The van der Waals surface area contributed by atoms with Gasteiger partial charge >= 0.3 is 5.97 Å². The van der Waals surface area contributed by atoms with Gasteiger partial charge in [0.15, 0.2) is 6.10 Å². The Labute approximate surface area is 155 Å². The molecule has 1 N–H and O–H groups in total. The molecule has 1 atom stereocenters. The molecule has 1 aromatic carbocycles.